The summed E-state index contributed by atoms with van der Waals surface area (Å²) in [6.07, 6.45) is 2.55. The lowest BCUT2D eigenvalue weighted by Crippen LogP contribution is -2.46. The van der Waals surface area contributed by atoms with E-state index in [4.69, 9.17) is 0 Å². The summed E-state index contributed by atoms with van der Waals surface area (Å²) in [4.78, 5) is 26.7. The van der Waals surface area contributed by atoms with Gasteiger partial charge in [-0.1, -0.05) is 37.3 Å². The maximum atomic E-state index is 12.6. The fraction of sp³-hybridized carbons (Fsp3) is 0.333. The van der Waals surface area contributed by atoms with E-state index in [0.717, 1.165) is 24.8 Å². The van der Waals surface area contributed by atoms with Crippen molar-refractivity contribution in [2.24, 2.45) is 0 Å². The number of piperidine rings is 1. The summed E-state index contributed by atoms with van der Waals surface area (Å²) < 4.78 is 0. The van der Waals surface area contributed by atoms with Gasteiger partial charge in [-0.15, -0.1) is 0 Å². The molecule has 1 aliphatic heterocycles. The normalized spacial score (nSPS) is 15.0. The van der Waals surface area contributed by atoms with Crippen molar-refractivity contribution in [1.29, 1.82) is 0 Å². The average molecular weight is 336 g/mol. The number of likely N-dealkylation sites (tertiary alicyclic amines) is 1. The number of carbonyl (C=O) groups is 2. The van der Waals surface area contributed by atoms with Gasteiger partial charge in [0.15, 0.2) is 0 Å². The van der Waals surface area contributed by atoms with Crippen molar-refractivity contribution >= 4 is 11.8 Å². The average Bonchev–Trinajstić information content (AvgIpc) is 2.69. The highest BCUT2D eigenvalue weighted by atomic mass is 16.2. The van der Waals surface area contributed by atoms with Crippen LogP contribution in [0.3, 0.4) is 0 Å². The number of carbonyl (C=O) groups excluding carboxylic acids is 2. The Balaban J connectivity index is 1.52. The maximum Gasteiger partial charge on any atom is 0.253 e. The van der Waals surface area contributed by atoms with Gasteiger partial charge in [-0.25, -0.2) is 0 Å². The van der Waals surface area contributed by atoms with Gasteiger partial charge in [0, 0.05) is 30.3 Å². The number of benzene rings is 2. The molecule has 0 unspecified atom stereocenters. The number of aryl methyl sites for hydroxylation is 1. The predicted octanol–water partition coefficient (Wildman–Crippen LogP) is 3.28. The maximum absolute atomic E-state index is 12.6. The first-order valence-electron chi connectivity index (χ1n) is 8.91. The highest BCUT2D eigenvalue weighted by Gasteiger charge is 2.24. The molecule has 1 N–H and O–H groups in total. The summed E-state index contributed by atoms with van der Waals surface area (Å²) in [5.41, 5.74) is 2.65. The Morgan fingerprint density at radius 3 is 2.20 bits per heavy atom. The van der Waals surface area contributed by atoms with E-state index >= 15 is 0 Å². The largest absolute Gasteiger partial charge is 0.349 e. The van der Waals surface area contributed by atoms with E-state index in [-0.39, 0.29) is 17.9 Å². The zero-order valence-electron chi connectivity index (χ0n) is 14.6. The molecule has 1 fully saturated rings. The fourth-order valence-electron chi connectivity index (χ4n) is 3.15. The molecule has 2 aromatic rings. The molecule has 25 heavy (non-hydrogen) atoms. The van der Waals surface area contributed by atoms with E-state index < -0.39 is 0 Å². The summed E-state index contributed by atoms with van der Waals surface area (Å²) in [5, 5.41) is 3.07. The second-order valence-electron chi connectivity index (χ2n) is 6.46. The second kappa shape index (κ2) is 7.97. The Morgan fingerprint density at radius 2 is 1.60 bits per heavy atom. The molecule has 0 bridgehead atoms. The Hall–Kier alpha value is -2.62. The number of amides is 2. The van der Waals surface area contributed by atoms with E-state index in [9.17, 15) is 9.59 Å². The van der Waals surface area contributed by atoms with Crippen LogP contribution in [-0.4, -0.2) is 35.8 Å². The van der Waals surface area contributed by atoms with Crippen molar-refractivity contribution in [3.8, 4) is 0 Å². The van der Waals surface area contributed by atoms with Gasteiger partial charge in [0.25, 0.3) is 11.8 Å². The number of nitrogens with one attached hydrogen (secondary N) is 1. The molecule has 0 saturated carbocycles. The first-order valence-corrected chi connectivity index (χ1v) is 8.91. The van der Waals surface area contributed by atoms with Gasteiger partial charge in [-0.05, 0) is 49.1 Å². The van der Waals surface area contributed by atoms with Crippen LogP contribution in [0.15, 0.2) is 54.6 Å². The highest BCUT2D eigenvalue weighted by Crippen LogP contribution is 2.15. The van der Waals surface area contributed by atoms with Crippen molar-refractivity contribution in [2.75, 3.05) is 13.1 Å². The number of nitrogens with zero attached hydrogens (tertiary/aromatic N) is 1. The van der Waals surface area contributed by atoms with Crippen molar-refractivity contribution in [3.05, 3.63) is 71.3 Å². The van der Waals surface area contributed by atoms with Crippen LogP contribution >= 0.6 is 0 Å². The molecular weight excluding hydrogens is 312 g/mol. The van der Waals surface area contributed by atoms with Crippen LogP contribution < -0.4 is 5.32 Å². The summed E-state index contributed by atoms with van der Waals surface area (Å²) in [7, 11) is 0. The molecule has 0 aromatic heterocycles. The predicted molar refractivity (Wildman–Crippen MR) is 98.7 cm³/mol. The topological polar surface area (TPSA) is 49.4 Å². The third-order valence-electron chi connectivity index (χ3n) is 4.76. The third-order valence-corrected chi connectivity index (χ3v) is 4.76. The SMILES string of the molecule is CCc1ccc(C(=O)N2CCC(NC(=O)c3ccccc3)CC2)cc1. The van der Waals surface area contributed by atoms with Gasteiger partial charge in [-0.2, -0.15) is 0 Å². The van der Waals surface area contributed by atoms with Crippen LogP contribution in [0.2, 0.25) is 0 Å². The monoisotopic (exact) mass is 336 g/mol. The van der Waals surface area contributed by atoms with E-state index in [1.165, 1.54) is 5.56 Å². The molecule has 4 nitrogen and oxygen atoms in total. The molecule has 130 valence electrons. The third kappa shape index (κ3) is 4.27. The number of rotatable bonds is 4. The van der Waals surface area contributed by atoms with Gasteiger partial charge in [-0.3, -0.25) is 9.59 Å². The standard InChI is InChI=1S/C21H24N2O2/c1-2-16-8-10-18(11-9-16)21(25)23-14-12-19(13-15-23)22-20(24)17-6-4-3-5-7-17/h3-11,19H,2,12-15H2,1H3,(H,22,24). The van der Waals surface area contributed by atoms with Crippen LogP contribution in [0, 0.1) is 0 Å². The molecule has 4 heteroatoms. The minimum absolute atomic E-state index is 0.0412. The smallest absolute Gasteiger partial charge is 0.253 e. The summed E-state index contributed by atoms with van der Waals surface area (Å²) in [6, 6.07) is 17.2. The molecule has 1 aliphatic rings. The van der Waals surface area contributed by atoms with E-state index in [1.54, 1.807) is 0 Å². The van der Waals surface area contributed by atoms with Gasteiger partial charge < -0.3 is 10.2 Å². The van der Waals surface area contributed by atoms with E-state index in [2.05, 4.69) is 12.2 Å². The summed E-state index contributed by atoms with van der Waals surface area (Å²) in [5.74, 6) is 0.0380. The highest BCUT2D eigenvalue weighted by molar-refractivity contribution is 5.95. The van der Waals surface area contributed by atoms with Crippen molar-refractivity contribution in [1.82, 2.24) is 10.2 Å². The zero-order chi connectivity index (χ0) is 17.6. The Kier molecular flexibility index (Phi) is 5.49. The zero-order valence-corrected chi connectivity index (χ0v) is 14.6. The van der Waals surface area contributed by atoms with Crippen LogP contribution in [0.1, 0.15) is 46.0 Å². The lowest BCUT2D eigenvalue weighted by molar-refractivity contribution is 0.0698. The Labute approximate surface area is 148 Å². The first-order chi connectivity index (χ1) is 12.2. The van der Waals surface area contributed by atoms with Crippen LogP contribution in [0.5, 0.6) is 0 Å². The summed E-state index contributed by atoms with van der Waals surface area (Å²) >= 11 is 0. The second-order valence-corrected chi connectivity index (χ2v) is 6.46. The fourth-order valence-corrected chi connectivity index (χ4v) is 3.15. The molecule has 1 saturated heterocycles. The van der Waals surface area contributed by atoms with Crippen molar-refractivity contribution in [2.45, 2.75) is 32.2 Å². The quantitative estimate of drug-likeness (QED) is 0.931. The lowest BCUT2D eigenvalue weighted by Gasteiger charge is -2.32. The Morgan fingerprint density at radius 1 is 0.960 bits per heavy atom. The van der Waals surface area contributed by atoms with Gasteiger partial charge in [0.05, 0.1) is 0 Å². The summed E-state index contributed by atoms with van der Waals surface area (Å²) in [6.45, 7) is 3.45. The molecular formula is C21H24N2O2. The lowest BCUT2D eigenvalue weighted by atomic mass is 10.0. The van der Waals surface area contributed by atoms with Crippen LogP contribution in [0.4, 0.5) is 0 Å². The molecule has 0 spiro atoms. The van der Waals surface area contributed by atoms with Gasteiger partial charge in [0.1, 0.15) is 0 Å². The van der Waals surface area contributed by atoms with Crippen LogP contribution in [-0.2, 0) is 6.42 Å². The molecule has 3 rings (SSSR count). The van der Waals surface area contributed by atoms with Gasteiger partial charge in [0.2, 0.25) is 0 Å². The minimum Gasteiger partial charge on any atom is -0.349 e. The molecule has 2 amide bonds. The Bertz CT molecular complexity index is 717. The molecule has 0 atom stereocenters. The van der Waals surface area contributed by atoms with E-state index in [0.29, 0.717) is 18.7 Å². The molecule has 2 aromatic carbocycles. The van der Waals surface area contributed by atoms with Gasteiger partial charge >= 0.3 is 0 Å². The first kappa shape index (κ1) is 17.2. The number of hydrogen-bond donors (Lipinski definition) is 1. The molecule has 1 heterocycles. The van der Waals surface area contributed by atoms with Crippen LogP contribution in [0.25, 0.3) is 0 Å². The molecule has 0 radical (unpaired) electrons. The van der Waals surface area contributed by atoms with Crippen molar-refractivity contribution in [3.63, 3.8) is 0 Å². The van der Waals surface area contributed by atoms with E-state index in [1.807, 2.05) is 59.5 Å². The van der Waals surface area contributed by atoms with Crippen molar-refractivity contribution < 1.29 is 9.59 Å². The number of hydrogen-bond acceptors (Lipinski definition) is 2. The molecule has 0 aliphatic carbocycles. The minimum atomic E-state index is -0.0412.